The van der Waals surface area contributed by atoms with Gasteiger partial charge >= 0.3 is 11.9 Å². The molecule has 1 aliphatic carbocycles. The zero-order chi connectivity index (χ0) is 34.4. The molecule has 0 spiro atoms. The molecule has 2 heterocycles. The van der Waals surface area contributed by atoms with Crippen molar-refractivity contribution in [3.63, 3.8) is 0 Å². The maximum absolute atomic E-state index is 14.4. The van der Waals surface area contributed by atoms with Crippen molar-refractivity contribution in [1.82, 2.24) is 0 Å². The minimum absolute atomic E-state index is 0.0729. The maximum atomic E-state index is 14.4. The number of anilines is 2. The fraction of sp³-hybridized carbons (Fsp3) is 0.385. The van der Waals surface area contributed by atoms with Crippen LogP contribution in [0.2, 0.25) is 0 Å². The van der Waals surface area contributed by atoms with Gasteiger partial charge in [0.1, 0.15) is 11.5 Å². The summed E-state index contributed by atoms with van der Waals surface area (Å²) < 4.78 is 11.2. The van der Waals surface area contributed by atoms with Crippen LogP contribution in [0.4, 0.5) is 11.4 Å². The first kappa shape index (κ1) is 33.4. The van der Waals surface area contributed by atoms with Gasteiger partial charge in [-0.15, -0.1) is 23.2 Å². The van der Waals surface area contributed by atoms with Crippen LogP contribution in [0.25, 0.3) is 21.5 Å². The van der Waals surface area contributed by atoms with E-state index in [1.165, 1.54) is 13.8 Å². The summed E-state index contributed by atoms with van der Waals surface area (Å²) in [6, 6.07) is 19.0. The molecule has 2 amide bonds. The highest BCUT2D eigenvalue weighted by atomic mass is 35.5. The standard InChI is InChI=1S/C39H38Cl2N2O6/c1-23(44)48-33-15-31-37(29-11-5-3-9-27(29)33)25(19-40)21-42(31)35(46)17-39(13-7-8-14-39)18-36(47)43-22-26(20-41)38-30-12-6-4-10-28(30)34(16-32(38)43)49-24(2)45/h3-6,9-12,15-16,25-26H,7-8,13-14,17-22H2,1-2H3. The van der Waals surface area contributed by atoms with E-state index in [-0.39, 0.29) is 36.5 Å². The third kappa shape index (κ3) is 6.03. The second-order valence-corrected chi connectivity index (χ2v) is 14.3. The van der Waals surface area contributed by atoms with Gasteiger partial charge in [0.15, 0.2) is 0 Å². The molecule has 1 fully saturated rings. The lowest BCUT2D eigenvalue weighted by atomic mass is 9.78. The van der Waals surface area contributed by atoms with Gasteiger partial charge in [-0.05, 0) is 40.2 Å². The highest BCUT2D eigenvalue weighted by Crippen LogP contribution is 2.51. The van der Waals surface area contributed by atoms with Gasteiger partial charge in [-0.1, -0.05) is 61.4 Å². The summed E-state index contributed by atoms with van der Waals surface area (Å²) in [7, 11) is 0. The largest absolute Gasteiger partial charge is 0.426 e. The van der Waals surface area contributed by atoms with Crippen LogP contribution in [-0.4, -0.2) is 48.6 Å². The predicted octanol–water partition coefficient (Wildman–Crippen LogP) is 8.22. The monoisotopic (exact) mass is 700 g/mol. The van der Waals surface area contributed by atoms with Gasteiger partial charge < -0.3 is 19.3 Å². The van der Waals surface area contributed by atoms with Crippen LogP contribution in [0, 0.1) is 5.41 Å². The van der Waals surface area contributed by atoms with E-state index >= 15 is 0 Å². The molecule has 0 aromatic heterocycles. The average molecular weight is 702 g/mol. The lowest BCUT2D eigenvalue weighted by Gasteiger charge is -2.32. The SMILES string of the molecule is CC(=O)Oc1cc2c(c3ccccc13)C(CCl)CN2C(=O)CC1(CC(=O)N2CC(CCl)c3c2cc(OC(C)=O)c2ccccc32)CCCC1. The second-order valence-electron chi connectivity index (χ2n) is 13.7. The van der Waals surface area contributed by atoms with Crippen LogP contribution in [0.1, 0.15) is 75.3 Å². The quantitative estimate of drug-likeness (QED) is 0.104. The fourth-order valence-corrected chi connectivity index (χ4v) is 8.91. The van der Waals surface area contributed by atoms with Crippen LogP contribution >= 0.6 is 23.2 Å². The number of ether oxygens (including phenoxy) is 2. The van der Waals surface area contributed by atoms with Gasteiger partial charge in [-0.25, -0.2) is 0 Å². The number of amides is 2. The number of esters is 2. The molecule has 1 saturated carbocycles. The number of nitrogens with zero attached hydrogens (tertiary/aromatic N) is 2. The fourth-order valence-electron chi connectivity index (χ4n) is 8.40. The highest BCUT2D eigenvalue weighted by Gasteiger charge is 2.44. The Kier molecular flexibility index (Phi) is 9.05. The van der Waals surface area contributed by atoms with Gasteiger partial charge in [0.05, 0.1) is 11.4 Å². The summed E-state index contributed by atoms with van der Waals surface area (Å²) in [5, 5.41) is 3.41. The summed E-state index contributed by atoms with van der Waals surface area (Å²) in [6.45, 7) is 3.55. The molecule has 7 rings (SSSR count). The van der Waals surface area contributed by atoms with Crippen molar-refractivity contribution in [2.75, 3.05) is 34.6 Å². The maximum Gasteiger partial charge on any atom is 0.308 e. The van der Waals surface area contributed by atoms with Crippen LogP contribution in [0.5, 0.6) is 11.5 Å². The molecule has 2 aliphatic heterocycles. The highest BCUT2D eigenvalue weighted by molar-refractivity contribution is 6.19. The molecular formula is C39H38Cl2N2O6. The molecule has 254 valence electrons. The molecule has 2 unspecified atom stereocenters. The minimum Gasteiger partial charge on any atom is -0.426 e. The Morgan fingerprint density at radius 2 is 1.06 bits per heavy atom. The van der Waals surface area contributed by atoms with Crippen molar-refractivity contribution in [3.8, 4) is 11.5 Å². The molecule has 0 N–H and O–H groups in total. The number of benzene rings is 4. The molecule has 0 saturated heterocycles. The Balaban J connectivity index is 1.20. The summed E-state index contributed by atoms with van der Waals surface area (Å²) in [5.74, 6) is 0.269. The Hall–Kier alpha value is -4.14. The summed E-state index contributed by atoms with van der Waals surface area (Å²) in [6.07, 6.45) is 3.81. The Labute approximate surface area is 295 Å². The van der Waals surface area contributed by atoms with E-state index in [1.54, 1.807) is 21.9 Å². The Bertz CT molecular complexity index is 1870. The summed E-state index contributed by atoms with van der Waals surface area (Å²) >= 11 is 13.0. The van der Waals surface area contributed by atoms with Crippen LogP contribution in [0.3, 0.4) is 0 Å². The first-order valence-corrected chi connectivity index (χ1v) is 17.9. The van der Waals surface area contributed by atoms with Crippen molar-refractivity contribution in [2.24, 2.45) is 5.41 Å². The first-order valence-electron chi connectivity index (χ1n) is 16.8. The summed E-state index contributed by atoms with van der Waals surface area (Å²) in [4.78, 5) is 56.4. The first-order chi connectivity index (χ1) is 23.6. The molecule has 8 nitrogen and oxygen atoms in total. The Morgan fingerprint density at radius 3 is 1.43 bits per heavy atom. The van der Waals surface area contributed by atoms with E-state index in [1.807, 2.05) is 48.5 Å². The number of hydrogen-bond donors (Lipinski definition) is 0. The number of carbonyl (C=O) groups excluding carboxylic acids is 4. The normalized spacial score (nSPS) is 19.3. The van der Waals surface area contributed by atoms with E-state index in [9.17, 15) is 19.2 Å². The van der Waals surface area contributed by atoms with Crippen molar-refractivity contribution >= 4 is 79.9 Å². The molecule has 0 bridgehead atoms. The lowest BCUT2D eigenvalue weighted by molar-refractivity contribution is -0.132. The zero-order valence-corrected chi connectivity index (χ0v) is 29.1. The number of rotatable bonds is 8. The second kappa shape index (κ2) is 13.3. The molecule has 2 atom stereocenters. The van der Waals surface area contributed by atoms with Crippen molar-refractivity contribution in [1.29, 1.82) is 0 Å². The van der Waals surface area contributed by atoms with Crippen LogP contribution in [0.15, 0.2) is 60.7 Å². The lowest BCUT2D eigenvalue weighted by Crippen LogP contribution is -2.39. The van der Waals surface area contributed by atoms with Gasteiger partial charge in [0, 0.05) is 86.3 Å². The number of halogens is 2. The van der Waals surface area contributed by atoms with Crippen molar-refractivity contribution in [2.45, 2.75) is 64.2 Å². The van der Waals surface area contributed by atoms with Gasteiger partial charge in [-0.3, -0.25) is 19.2 Å². The van der Waals surface area contributed by atoms with Crippen molar-refractivity contribution < 1.29 is 28.7 Å². The summed E-state index contributed by atoms with van der Waals surface area (Å²) in [5.41, 5.74) is 2.84. The van der Waals surface area contributed by atoms with Crippen molar-refractivity contribution in [3.05, 3.63) is 71.8 Å². The predicted molar refractivity (Wildman–Crippen MR) is 192 cm³/mol. The average Bonchev–Trinajstić information content (AvgIpc) is 3.80. The van der Waals surface area contributed by atoms with Crippen LogP contribution in [-0.2, 0) is 19.2 Å². The Morgan fingerprint density at radius 1 is 0.673 bits per heavy atom. The van der Waals surface area contributed by atoms with E-state index in [2.05, 4.69) is 0 Å². The number of alkyl halides is 2. The topological polar surface area (TPSA) is 93.2 Å². The number of carbonyl (C=O) groups is 4. The van der Waals surface area contributed by atoms with Gasteiger partial charge in [0.2, 0.25) is 11.8 Å². The molecule has 4 aromatic carbocycles. The molecule has 49 heavy (non-hydrogen) atoms. The molecular weight excluding hydrogens is 663 g/mol. The molecule has 10 heteroatoms. The molecule has 4 aromatic rings. The van der Waals surface area contributed by atoms with E-state index in [0.717, 1.165) is 58.4 Å². The molecule has 0 radical (unpaired) electrons. The number of fused-ring (bicyclic) bond motifs is 6. The van der Waals surface area contributed by atoms with E-state index < -0.39 is 17.4 Å². The molecule has 3 aliphatic rings. The van der Waals surface area contributed by atoms with E-state index in [4.69, 9.17) is 32.7 Å². The third-order valence-corrected chi connectivity index (χ3v) is 11.2. The zero-order valence-electron chi connectivity index (χ0n) is 27.6. The van der Waals surface area contributed by atoms with Gasteiger partial charge in [-0.2, -0.15) is 0 Å². The smallest absolute Gasteiger partial charge is 0.308 e. The number of hydrogen-bond acceptors (Lipinski definition) is 6. The minimum atomic E-state index is -0.516. The van der Waals surface area contributed by atoms with E-state index in [0.29, 0.717) is 47.7 Å². The van der Waals surface area contributed by atoms with Gasteiger partial charge in [0.25, 0.3) is 0 Å². The third-order valence-electron chi connectivity index (χ3n) is 10.5. The van der Waals surface area contributed by atoms with Crippen LogP contribution < -0.4 is 19.3 Å².